The topological polar surface area (TPSA) is 15.7 Å². The Kier molecular flexibility index (Phi) is 4.43. The summed E-state index contributed by atoms with van der Waals surface area (Å²) in [6.45, 7) is 2.30. The molecular formula is C22H28N2O. The van der Waals surface area contributed by atoms with Crippen molar-refractivity contribution in [1.29, 1.82) is 0 Å². The first-order valence-electron chi connectivity index (χ1n) is 9.38. The van der Waals surface area contributed by atoms with E-state index in [1.807, 2.05) is 7.11 Å². The van der Waals surface area contributed by atoms with Crippen molar-refractivity contribution in [3.63, 3.8) is 0 Å². The van der Waals surface area contributed by atoms with Crippen molar-refractivity contribution >= 4 is 11.4 Å². The highest BCUT2D eigenvalue weighted by molar-refractivity contribution is 5.59. The molecule has 2 heterocycles. The third-order valence-electron chi connectivity index (χ3n) is 5.75. The molecule has 4 rings (SSSR count). The van der Waals surface area contributed by atoms with Crippen molar-refractivity contribution in [3.8, 4) is 0 Å². The first-order valence-corrected chi connectivity index (χ1v) is 9.38. The molecule has 0 amide bonds. The van der Waals surface area contributed by atoms with E-state index in [0.29, 0.717) is 0 Å². The molecule has 3 nitrogen and oxygen atoms in total. The normalized spacial score (nSPS) is 16.8. The summed E-state index contributed by atoms with van der Waals surface area (Å²) in [6, 6.07) is 13.7. The lowest BCUT2D eigenvalue weighted by Gasteiger charge is -2.30. The zero-order valence-electron chi connectivity index (χ0n) is 15.6. The molecule has 2 aromatic rings. The summed E-state index contributed by atoms with van der Waals surface area (Å²) in [4.78, 5) is 4.72. The highest BCUT2D eigenvalue weighted by atomic mass is 16.5. The second-order valence-corrected chi connectivity index (χ2v) is 7.44. The van der Waals surface area contributed by atoms with E-state index in [0.717, 1.165) is 13.1 Å². The number of rotatable bonds is 3. The van der Waals surface area contributed by atoms with Crippen LogP contribution in [-0.4, -0.2) is 34.3 Å². The molecule has 0 atom stereocenters. The SMILES string of the molecule is COC(c1ccc2c(c1)CCCN2C)c1ccc2c(c1)CCCN2C. The lowest BCUT2D eigenvalue weighted by atomic mass is 9.92. The lowest BCUT2D eigenvalue weighted by Crippen LogP contribution is -2.25. The van der Waals surface area contributed by atoms with Gasteiger partial charge < -0.3 is 14.5 Å². The average molecular weight is 336 g/mol. The van der Waals surface area contributed by atoms with Gasteiger partial charge in [-0.25, -0.2) is 0 Å². The minimum atomic E-state index is 0.00932. The van der Waals surface area contributed by atoms with E-state index in [4.69, 9.17) is 4.74 Å². The van der Waals surface area contributed by atoms with Crippen molar-refractivity contribution in [1.82, 2.24) is 0 Å². The van der Waals surface area contributed by atoms with Crippen LogP contribution in [0.15, 0.2) is 36.4 Å². The van der Waals surface area contributed by atoms with Crippen LogP contribution in [0.1, 0.15) is 41.2 Å². The molecular weight excluding hydrogens is 308 g/mol. The summed E-state index contributed by atoms with van der Waals surface area (Å²) in [7, 11) is 6.19. The second kappa shape index (κ2) is 6.72. The number of nitrogens with zero attached hydrogens (tertiary/aromatic N) is 2. The maximum atomic E-state index is 5.93. The molecule has 3 heteroatoms. The van der Waals surface area contributed by atoms with Gasteiger partial charge in [0, 0.05) is 45.7 Å². The predicted octanol–water partition coefficient (Wildman–Crippen LogP) is 4.19. The zero-order valence-corrected chi connectivity index (χ0v) is 15.6. The summed E-state index contributed by atoms with van der Waals surface area (Å²) < 4.78 is 5.93. The predicted molar refractivity (Wildman–Crippen MR) is 105 cm³/mol. The molecule has 0 aromatic heterocycles. The molecule has 0 fully saturated rings. The van der Waals surface area contributed by atoms with Crippen molar-refractivity contribution in [2.45, 2.75) is 31.8 Å². The molecule has 0 unspecified atom stereocenters. The number of aryl methyl sites for hydroxylation is 2. The minimum absolute atomic E-state index is 0.00932. The number of hydrogen-bond donors (Lipinski definition) is 0. The molecule has 132 valence electrons. The van der Waals surface area contributed by atoms with E-state index < -0.39 is 0 Å². The fourth-order valence-electron chi connectivity index (χ4n) is 4.40. The molecule has 2 aromatic carbocycles. The Morgan fingerprint density at radius 1 is 0.800 bits per heavy atom. The van der Waals surface area contributed by atoms with Gasteiger partial charge in [-0.15, -0.1) is 0 Å². The summed E-state index contributed by atoms with van der Waals surface area (Å²) in [5, 5.41) is 0. The molecule has 0 bridgehead atoms. The standard InChI is InChI=1S/C22H28N2O/c1-23-12-4-6-16-14-18(8-10-20(16)23)22(25-3)19-9-11-21-17(15-19)7-5-13-24(21)2/h8-11,14-15,22H,4-7,12-13H2,1-3H3. The molecule has 0 spiro atoms. The Morgan fingerprint density at radius 2 is 1.28 bits per heavy atom. The van der Waals surface area contributed by atoms with Gasteiger partial charge in [-0.1, -0.05) is 24.3 Å². The quantitative estimate of drug-likeness (QED) is 0.836. The largest absolute Gasteiger partial charge is 0.374 e. The van der Waals surface area contributed by atoms with Crippen molar-refractivity contribution in [3.05, 3.63) is 58.7 Å². The third-order valence-corrected chi connectivity index (χ3v) is 5.75. The van der Waals surface area contributed by atoms with E-state index in [9.17, 15) is 0 Å². The first-order chi connectivity index (χ1) is 12.2. The lowest BCUT2D eigenvalue weighted by molar-refractivity contribution is 0.136. The van der Waals surface area contributed by atoms with Gasteiger partial charge in [-0.2, -0.15) is 0 Å². The highest BCUT2D eigenvalue weighted by Crippen LogP contribution is 2.35. The Balaban J connectivity index is 1.69. The smallest absolute Gasteiger partial charge is 0.107 e. The van der Waals surface area contributed by atoms with Crippen LogP contribution < -0.4 is 9.80 Å². The van der Waals surface area contributed by atoms with E-state index >= 15 is 0 Å². The summed E-state index contributed by atoms with van der Waals surface area (Å²) in [6.07, 6.45) is 4.80. The van der Waals surface area contributed by atoms with Crippen LogP contribution in [0.3, 0.4) is 0 Å². The molecule has 2 aliphatic rings. The number of anilines is 2. The van der Waals surface area contributed by atoms with Crippen molar-refractivity contribution in [2.75, 3.05) is 44.1 Å². The van der Waals surface area contributed by atoms with E-state index in [1.54, 1.807) is 0 Å². The van der Waals surface area contributed by atoms with Crippen LogP contribution in [0.5, 0.6) is 0 Å². The molecule has 25 heavy (non-hydrogen) atoms. The van der Waals surface area contributed by atoms with Gasteiger partial charge in [-0.3, -0.25) is 0 Å². The molecule has 0 N–H and O–H groups in total. The second-order valence-electron chi connectivity index (χ2n) is 7.44. The summed E-state index contributed by atoms with van der Waals surface area (Å²) >= 11 is 0. The van der Waals surface area contributed by atoms with Gasteiger partial charge >= 0.3 is 0 Å². The number of fused-ring (bicyclic) bond motifs is 2. The number of hydrogen-bond acceptors (Lipinski definition) is 3. The van der Waals surface area contributed by atoms with Gasteiger partial charge in [0.15, 0.2) is 0 Å². The van der Waals surface area contributed by atoms with E-state index in [-0.39, 0.29) is 6.10 Å². The number of benzene rings is 2. The molecule has 0 radical (unpaired) electrons. The fourth-order valence-corrected chi connectivity index (χ4v) is 4.40. The van der Waals surface area contributed by atoms with Crippen LogP contribution >= 0.6 is 0 Å². The van der Waals surface area contributed by atoms with Gasteiger partial charge in [0.2, 0.25) is 0 Å². The average Bonchev–Trinajstić information content (AvgIpc) is 2.63. The Morgan fingerprint density at radius 3 is 1.72 bits per heavy atom. The van der Waals surface area contributed by atoms with Gasteiger partial charge in [0.1, 0.15) is 6.10 Å². The van der Waals surface area contributed by atoms with E-state index in [2.05, 4.69) is 60.3 Å². The van der Waals surface area contributed by atoms with Crippen LogP contribution in [0.4, 0.5) is 11.4 Å². The molecule has 0 saturated carbocycles. The van der Waals surface area contributed by atoms with E-state index in [1.165, 1.54) is 59.3 Å². The van der Waals surface area contributed by atoms with Gasteiger partial charge in [0.25, 0.3) is 0 Å². The number of ether oxygens (including phenoxy) is 1. The molecule has 2 aliphatic heterocycles. The Labute approximate surface area is 151 Å². The summed E-state index contributed by atoms with van der Waals surface area (Å²) in [5.74, 6) is 0. The fraction of sp³-hybridized carbons (Fsp3) is 0.455. The minimum Gasteiger partial charge on any atom is -0.374 e. The van der Waals surface area contributed by atoms with Crippen molar-refractivity contribution < 1.29 is 4.74 Å². The van der Waals surface area contributed by atoms with Crippen LogP contribution in [0.2, 0.25) is 0 Å². The van der Waals surface area contributed by atoms with Gasteiger partial charge in [-0.05, 0) is 60.1 Å². The maximum Gasteiger partial charge on any atom is 0.107 e. The monoisotopic (exact) mass is 336 g/mol. The van der Waals surface area contributed by atoms with Crippen molar-refractivity contribution in [2.24, 2.45) is 0 Å². The molecule has 0 saturated heterocycles. The zero-order chi connectivity index (χ0) is 17.4. The Bertz CT molecular complexity index is 707. The Hall–Kier alpha value is -2.00. The van der Waals surface area contributed by atoms with Crippen LogP contribution in [0, 0.1) is 0 Å². The van der Waals surface area contributed by atoms with Gasteiger partial charge in [0.05, 0.1) is 0 Å². The maximum absolute atomic E-state index is 5.93. The third kappa shape index (κ3) is 3.02. The van der Waals surface area contributed by atoms with Crippen LogP contribution in [-0.2, 0) is 17.6 Å². The highest BCUT2D eigenvalue weighted by Gasteiger charge is 2.21. The van der Waals surface area contributed by atoms with Crippen LogP contribution in [0.25, 0.3) is 0 Å². The molecule has 0 aliphatic carbocycles. The first kappa shape index (κ1) is 16.5. The number of methoxy groups -OCH3 is 1. The summed E-state index contributed by atoms with van der Waals surface area (Å²) in [5.41, 5.74) is 8.17.